The largest absolute Gasteiger partial charge is 0.374 e. The lowest BCUT2D eigenvalue weighted by molar-refractivity contribution is 0.0223. The molecule has 0 aromatic heterocycles. The van der Waals surface area contributed by atoms with E-state index in [2.05, 4.69) is 12.1 Å². The molecule has 0 spiro atoms. The molecule has 1 nitrogen and oxygen atoms in total. The van der Waals surface area contributed by atoms with Crippen molar-refractivity contribution in [2.24, 2.45) is 11.8 Å². The molecule has 0 heterocycles. The second kappa shape index (κ2) is 9.27. The van der Waals surface area contributed by atoms with Gasteiger partial charge in [0.2, 0.25) is 0 Å². The summed E-state index contributed by atoms with van der Waals surface area (Å²) in [6.45, 7) is 0.658. The van der Waals surface area contributed by atoms with Gasteiger partial charge in [0.1, 0.15) is 0 Å². The average molecular weight is 367 g/mol. The Balaban J connectivity index is 1.42. The average Bonchev–Trinajstić information content (AvgIpc) is 2.63. The first-order valence-corrected chi connectivity index (χ1v) is 10.2. The Morgan fingerprint density at radius 3 is 2.04 bits per heavy atom. The zero-order chi connectivity index (χ0) is 16.8. The van der Waals surface area contributed by atoms with E-state index in [4.69, 9.17) is 27.9 Å². The summed E-state index contributed by atoms with van der Waals surface area (Å²) < 4.78 is 5.86. The predicted octanol–water partition coefficient (Wildman–Crippen LogP) is 6.94. The van der Waals surface area contributed by atoms with Crippen LogP contribution in [0.5, 0.6) is 0 Å². The Morgan fingerprint density at radius 1 is 0.875 bits per heavy atom. The number of hydrogen-bond acceptors (Lipinski definition) is 1. The Labute approximate surface area is 156 Å². The SMILES string of the molecule is ClC=CCOC1CCC(C2CCC(c3ccc(Cl)cc3)CC2)CC1. The number of rotatable bonds is 5. The number of hydrogen-bond donors (Lipinski definition) is 0. The third kappa shape index (κ3) is 5.00. The summed E-state index contributed by atoms with van der Waals surface area (Å²) in [5.74, 6) is 2.58. The maximum absolute atomic E-state index is 6.01. The monoisotopic (exact) mass is 366 g/mol. The van der Waals surface area contributed by atoms with Crippen molar-refractivity contribution in [3.05, 3.63) is 46.5 Å². The first kappa shape index (κ1) is 18.3. The highest BCUT2D eigenvalue weighted by molar-refractivity contribution is 6.30. The van der Waals surface area contributed by atoms with Crippen LogP contribution >= 0.6 is 23.2 Å². The topological polar surface area (TPSA) is 9.23 Å². The van der Waals surface area contributed by atoms with Gasteiger partial charge in [0.25, 0.3) is 0 Å². The van der Waals surface area contributed by atoms with Gasteiger partial charge >= 0.3 is 0 Å². The van der Waals surface area contributed by atoms with E-state index >= 15 is 0 Å². The minimum atomic E-state index is 0.444. The van der Waals surface area contributed by atoms with Crippen LogP contribution in [0.3, 0.4) is 0 Å². The molecule has 0 bridgehead atoms. The number of halogens is 2. The van der Waals surface area contributed by atoms with Crippen molar-refractivity contribution < 1.29 is 4.74 Å². The van der Waals surface area contributed by atoms with Crippen molar-refractivity contribution in [3.8, 4) is 0 Å². The second-order valence-corrected chi connectivity index (χ2v) is 8.08. The molecule has 2 saturated carbocycles. The van der Waals surface area contributed by atoms with Crippen molar-refractivity contribution >= 4 is 23.2 Å². The fourth-order valence-electron chi connectivity index (χ4n) is 4.61. The van der Waals surface area contributed by atoms with Crippen LogP contribution in [0.1, 0.15) is 62.8 Å². The van der Waals surface area contributed by atoms with E-state index in [0.717, 1.165) is 22.8 Å². The zero-order valence-corrected chi connectivity index (χ0v) is 15.8. The van der Waals surface area contributed by atoms with Crippen molar-refractivity contribution in [1.82, 2.24) is 0 Å². The predicted molar refractivity (Wildman–Crippen MR) is 103 cm³/mol. The minimum absolute atomic E-state index is 0.444. The van der Waals surface area contributed by atoms with Gasteiger partial charge in [0.15, 0.2) is 0 Å². The van der Waals surface area contributed by atoms with Crippen LogP contribution in [-0.4, -0.2) is 12.7 Å². The van der Waals surface area contributed by atoms with Crippen molar-refractivity contribution in [1.29, 1.82) is 0 Å². The van der Waals surface area contributed by atoms with Gasteiger partial charge in [-0.05, 0) is 92.9 Å². The van der Waals surface area contributed by atoms with E-state index in [-0.39, 0.29) is 0 Å². The van der Waals surface area contributed by atoms with Crippen LogP contribution in [0.4, 0.5) is 0 Å². The van der Waals surface area contributed by atoms with Crippen LogP contribution in [0.2, 0.25) is 5.02 Å². The summed E-state index contributed by atoms with van der Waals surface area (Å²) in [5.41, 5.74) is 3.02. The molecule has 3 heteroatoms. The molecule has 1 aromatic rings. The second-order valence-electron chi connectivity index (χ2n) is 7.40. The standard InChI is InChI=1S/C21H28Cl2O/c22-14-1-15-24-21-12-8-19(9-13-21)17-4-2-16(3-5-17)18-6-10-20(23)11-7-18/h1,6-7,10-11,14,16-17,19,21H,2-5,8-9,12-13,15H2. The highest BCUT2D eigenvalue weighted by atomic mass is 35.5. The molecular formula is C21H28Cl2O. The van der Waals surface area contributed by atoms with Crippen LogP contribution in [0, 0.1) is 11.8 Å². The lowest BCUT2D eigenvalue weighted by Crippen LogP contribution is -2.28. The number of benzene rings is 1. The summed E-state index contributed by atoms with van der Waals surface area (Å²) in [6, 6.07) is 8.49. The van der Waals surface area contributed by atoms with E-state index < -0.39 is 0 Å². The van der Waals surface area contributed by atoms with Crippen LogP contribution in [-0.2, 0) is 4.74 Å². The molecule has 0 saturated heterocycles. The molecule has 1 aromatic carbocycles. The van der Waals surface area contributed by atoms with Crippen molar-refractivity contribution in [2.45, 2.75) is 63.4 Å². The Kier molecular flexibility index (Phi) is 7.06. The van der Waals surface area contributed by atoms with Crippen LogP contribution in [0.15, 0.2) is 35.9 Å². The highest BCUT2D eigenvalue weighted by Gasteiger charge is 2.31. The van der Waals surface area contributed by atoms with Crippen molar-refractivity contribution in [3.63, 3.8) is 0 Å². The Hall–Kier alpha value is -0.500. The summed E-state index contributed by atoms with van der Waals surface area (Å²) in [6.07, 6.45) is 12.9. The van der Waals surface area contributed by atoms with Gasteiger partial charge in [-0.3, -0.25) is 0 Å². The van der Waals surface area contributed by atoms with Gasteiger partial charge in [0.05, 0.1) is 12.7 Å². The smallest absolute Gasteiger partial charge is 0.0662 e. The first-order chi connectivity index (χ1) is 11.8. The molecule has 2 aliphatic carbocycles. The van der Waals surface area contributed by atoms with Gasteiger partial charge in [-0.25, -0.2) is 0 Å². The van der Waals surface area contributed by atoms with Crippen molar-refractivity contribution in [2.75, 3.05) is 6.61 Å². The summed E-state index contributed by atoms with van der Waals surface area (Å²) in [7, 11) is 0. The lowest BCUT2D eigenvalue weighted by Gasteiger charge is -2.37. The molecule has 3 rings (SSSR count). The summed E-state index contributed by atoms with van der Waals surface area (Å²) in [4.78, 5) is 0. The van der Waals surface area contributed by atoms with E-state index in [1.807, 2.05) is 18.2 Å². The fraction of sp³-hybridized carbons (Fsp3) is 0.619. The van der Waals surface area contributed by atoms with E-state index in [0.29, 0.717) is 12.7 Å². The normalized spacial score (nSPS) is 31.4. The molecule has 24 heavy (non-hydrogen) atoms. The molecule has 0 amide bonds. The van der Waals surface area contributed by atoms with E-state index in [9.17, 15) is 0 Å². The minimum Gasteiger partial charge on any atom is -0.374 e. The number of ether oxygens (including phenoxy) is 1. The maximum atomic E-state index is 6.01. The molecule has 0 radical (unpaired) electrons. The lowest BCUT2D eigenvalue weighted by atomic mass is 9.69. The third-order valence-corrected chi connectivity index (χ3v) is 6.45. The molecule has 2 fully saturated rings. The first-order valence-electron chi connectivity index (χ1n) is 9.38. The van der Waals surface area contributed by atoms with Crippen LogP contribution in [0.25, 0.3) is 0 Å². The third-order valence-electron chi connectivity index (χ3n) is 6.02. The molecule has 2 aliphatic rings. The van der Waals surface area contributed by atoms with Gasteiger partial charge < -0.3 is 4.74 Å². The molecule has 0 N–H and O–H groups in total. The Bertz CT molecular complexity index is 509. The maximum Gasteiger partial charge on any atom is 0.0662 e. The molecule has 0 aliphatic heterocycles. The molecular weight excluding hydrogens is 339 g/mol. The van der Waals surface area contributed by atoms with E-state index in [1.54, 1.807) is 5.54 Å². The summed E-state index contributed by atoms with van der Waals surface area (Å²) >= 11 is 11.5. The van der Waals surface area contributed by atoms with Gasteiger partial charge in [-0.2, -0.15) is 0 Å². The van der Waals surface area contributed by atoms with Gasteiger partial charge in [-0.1, -0.05) is 35.3 Å². The van der Waals surface area contributed by atoms with E-state index in [1.165, 1.54) is 56.9 Å². The summed E-state index contributed by atoms with van der Waals surface area (Å²) in [5, 5.41) is 0.841. The van der Waals surface area contributed by atoms with Gasteiger partial charge in [-0.15, -0.1) is 0 Å². The zero-order valence-electron chi connectivity index (χ0n) is 14.3. The quantitative estimate of drug-likeness (QED) is 0.548. The molecule has 132 valence electrons. The van der Waals surface area contributed by atoms with Gasteiger partial charge in [0, 0.05) is 10.6 Å². The fourth-order valence-corrected chi connectivity index (χ4v) is 4.81. The molecule has 0 unspecified atom stereocenters. The molecule has 0 atom stereocenters. The van der Waals surface area contributed by atoms with Crippen LogP contribution < -0.4 is 0 Å². The Morgan fingerprint density at radius 2 is 1.46 bits per heavy atom. The highest BCUT2D eigenvalue weighted by Crippen LogP contribution is 2.43.